The van der Waals surface area contributed by atoms with Crippen molar-refractivity contribution in [3.63, 3.8) is 0 Å². The summed E-state index contributed by atoms with van der Waals surface area (Å²) in [6.45, 7) is 1.96. The molecule has 0 N–H and O–H groups in total. The van der Waals surface area contributed by atoms with Gasteiger partial charge in [-0.25, -0.2) is 9.38 Å². The van der Waals surface area contributed by atoms with Crippen molar-refractivity contribution in [3.05, 3.63) is 65.5 Å². The molecule has 0 saturated heterocycles. The van der Waals surface area contributed by atoms with Crippen molar-refractivity contribution >= 4 is 11.6 Å². The fourth-order valence-corrected chi connectivity index (χ4v) is 2.61. The van der Waals surface area contributed by atoms with Crippen molar-refractivity contribution in [2.24, 2.45) is 4.99 Å². The molecule has 0 aliphatic carbocycles. The van der Waals surface area contributed by atoms with Crippen LogP contribution in [0, 0.1) is 17.1 Å². The minimum Gasteiger partial charge on any atom is -0.466 e. The second-order valence-corrected chi connectivity index (χ2v) is 5.43. The monoisotopic (exact) mass is 294 g/mol. The molecule has 3 nitrogen and oxygen atoms in total. The summed E-state index contributed by atoms with van der Waals surface area (Å²) in [5, 5.41) is 8.90. The number of nitrogens with zero attached hydrogens (tertiary/aromatic N) is 2. The number of aliphatic imine (C=N–C) groups is 1. The first-order chi connectivity index (χ1) is 10.6. The molecule has 0 radical (unpaired) electrons. The lowest BCUT2D eigenvalue weighted by Crippen LogP contribution is -2.32. The summed E-state index contributed by atoms with van der Waals surface area (Å²) in [6, 6.07) is 16.0. The molecular formula is C18H15FN2O. The number of fused-ring (bicyclic) bond motifs is 1. The standard InChI is InChI=1S/C18H15FN2O/c1-18(11-4-12-20)15-5-2-3-6-16(15)21-17(22-18)13-7-9-14(19)10-8-13/h2-3,5-10H,4,11H2,1H3. The zero-order valence-corrected chi connectivity index (χ0v) is 12.2. The molecule has 2 aromatic rings. The van der Waals surface area contributed by atoms with E-state index in [1.807, 2.05) is 31.2 Å². The third kappa shape index (κ3) is 2.58. The van der Waals surface area contributed by atoms with Crippen molar-refractivity contribution in [1.82, 2.24) is 0 Å². The van der Waals surface area contributed by atoms with Crippen LogP contribution in [0.4, 0.5) is 10.1 Å². The van der Waals surface area contributed by atoms with E-state index in [-0.39, 0.29) is 5.82 Å². The lowest BCUT2D eigenvalue weighted by Gasteiger charge is -2.35. The van der Waals surface area contributed by atoms with Crippen LogP contribution in [-0.2, 0) is 10.3 Å². The summed E-state index contributed by atoms with van der Waals surface area (Å²) in [5.41, 5.74) is 1.90. The van der Waals surface area contributed by atoms with Gasteiger partial charge in [0.05, 0.1) is 11.8 Å². The number of para-hydroxylation sites is 1. The molecular weight excluding hydrogens is 279 g/mol. The highest BCUT2D eigenvalue weighted by atomic mass is 19.1. The van der Waals surface area contributed by atoms with E-state index in [9.17, 15) is 4.39 Å². The molecule has 1 heterocycles. The Bertz CT molecular complexity index is 761. The summed E-state index contributed by atoms with van der Waals surface area (Å²) in [7, 11) is 0. The van der Waals surface area contributed by atoms with E-state index in [0.717, 1.165) is 16.8 Å². The second-order valence-electron chi connectivity index (χ2n) is 5.43. The number of halogens is 1. The predicted octanol–water partition coefficient (Wildman–Crippen LogP) is 4.45. The summed E-state index contributed by atoms with van der Waals surface area (Å²) in [6.07, 6.45) is 0.961. The van der Waals surface area contributed by atoms with Gasteiger partial charge in [-0.15, -0.1) is 0 Å². The van der Waals surface area contributed by atoms with Crippen LogP contribution in [0.1, 0.15) is 30.9 Å². The Morgan fingerprint density at radius 2 is 1.91 bits per heavy atom. The maximum atomic E-state index is 13.1. The van der Waals surface area contributed by atoms with Gasteiger partial charge in [-0.05, 0) is 37.3 Å². The molecule has 0 fully saturated rings. The van der Waals surface area contributed by atoms with Gasteiger partial charge in [0.2, 0.25) is 5.90 Å². The number of nitriles is 1. The molecule has 2 aromatic carbocycles. The Morgan fingerprint density at radius 1 is 1.18 bits per heavy atom. The topological polar surface area (TPSA) is 45.4 Å². The maximum Gasteiger partial charge on any atom is 0.222 e. The molecule has 22 heavy (non-hydrogen) atoms. The number of ether oxygens (including phenoxy) is 1. The predicted molar refractivity (Wildman–Crippen MR) is 82.3 cm³/mol. The Morgan fingerprint density at radius 3 is 2.64 bits per heavy atom. The number of hydrogen-bond acceptors (Lipinski definition) is 3. The van der Waals surface area contributed by atoms with E-state index < -0.39 is 5.60 Å². The second kappa shape index (κ2) is 5.61. The summed E-state index contributed by atoms with van der Waals surface area (Å²) in [4.78, 5) is 4.54. The number of hydrogen-bond donors (Lipinski definition) is 0. The van der Waals surface area contributed by atoms with Crippen LogP contribution in [0.3, 0.4) is 0 Å². The van der Waals surface area contributed by atoms with Crippen LogP contribution in [0.5, 0.6) is 0 Å². The van der Waals surface area contributed by atoms with Crippen molar-refractivity contribution in [2.45, 2.75) is 25.4 Å². The van der Waals surface area contributed by atoms with Gasteiger partial charge in [0, 0.05) is 24.0 Å². The Labute approximate surface area is 128 Å². The van der Waals surface area contributed by atoms with E-state index in [4.69, 9.17) is 10.00 Å². The first-order valence-electron chi connectivity index (χ1n) is 7.12. The van der Waals surface area contributed by atoms with Gasteiger partial charge in [0.15, 0.2) is 0 Å². The third-order valence-corrected chi connectivity index (χ3v) is 3.82. The van der Waals surface area contributed by atoms with E-state index in [1.54, 1.807) is 12.1 Å². The minimum atomic E-state index is -0.613. The average molecular weight is 294 g/mol. The molecule has 0 spiro atoms. The van der Waals surface area contributed by atoms with Crippen LogP contribution in [0.2, 0.25) is 0 Å². The van der Waals surface area contributed by atoms with Crippen molar-refractivity contribution in [2.75, 3.05) is 0 Å². The maximum absolute atomic E-state index is 13.1. The lowest BCUT2D eigenvalue weighted by molar-refractivity contribution is 0.0621. The first kappa shape index (κ1) is 14.3. The SMILES string of the molecule is CC1(CCC#N)OC(c2ccc(F)cc2)=Nc2ccccc21. The smallest absolute Gasteiger partial charge is 0.222 e. The molecule has 3 rings (SSSR count). The molecule has 0 bridgehead atoms. The van der Waals surface area contributed by atoms with Gasteiger partial charge < -0.3 is 4.74 Å². The molecule has 1 unspecified atom stereocenters. The van der Waals surface area contributed by atoms with Gasteiger partial charge in [-0.3, -0.25) is 0 Å². The average Bonchev–Trinajstić information content (AvgIpc) is 2.54. The van der Waals surface area contributed by atoms with Crippen molar-refractivity contribution in [1.29, 1.82) is 5.26 Å². The molecule has 1 aliphatic rings. The highest BCUT2D eigenvalue weighted by Crippen LogP contribution is 2.41. The molecule has 1 atom stereocenters. The Balaban J connectivity index is 2.06. The molecule has 1 aliphatic heterocycles. The molecule has 4 heteroatoms. The van der Waals surface area contributed by atoms with Crippen LogP contribution >= 0.6 is 0 Å². The Hall–Kier alpha value is -2.67. The zero-order chi connectivity index (χ0) is 15.6. The number of rotatable bonds is 3. The summed E-state index contributed by atoms with van der Waals surface area (Å²) < 4.78 is 19.2. The largest absolute Gasteiger partial charge is 0.466 e. The van der Waals surface area contributed by atoms with Gasteiger partial charge >= 0.3 is 0 Å². The van der Waals surface area contributed by atoms with E-state index in [0.29, 0.717) is 18.7 Å². The van der Waals surface area contributed by atoms with Crippen molar-refractivity contribution < 1.29 is 9.13 Å². The van der Waals surface area contributed by atoms with Crippen molar-refractivity contribution in [3.8, 4) is 6.07 Å². The normalized spacial score (nSPS) is 19.6. The van der Waals surface area contributed by atoms with E-state index in [1.165, 1.54) is 12.1 Å². The molecule has 0 aromatic heterocycles. The Kier molecular flexibility index (Phi) is 3.64. The van der Waals surface area contributed by atoms with Crippen LogP contribution in [0.15, 0.2) is 53.5 Å². The minimum absolute atomic E-state index is 0.298. The zero-order valence-electron chi connectivity index (χ0n) is 12.2. The van der Waals surface area contributed by atoms with Crippen LogP contribution in [-0.4, -0.2) is 5.90 Å². The van der Waals surface area contributed by atoms with Crippen LogP contribution < -0.4 is 0 Å². The fraction of sp³-hybridized carbons (Fsp3) is 0.222. The first-order valence-corrected chi connectivity index (χ1v) is 7.12. The van der Waals surface area contributed by atoms with E-state index >= 15 is 0 Å². The van der Waals surface area contributed by atoms with Crippen LogP contribution in [0.25, 0.3) is 0 Å². The number of benzene rings is 2. The molecule has 0 amide bonds. The summed E-state index contributed by atoms with van der Waals surface area (Å²) >= 11 is 0. The van der Waals surface area contributed by atoms with E-state index in [2.05, 4.69) is 11.1 Å². The van der Waals surface area contributed by atoms with Gasteiger partial charge in [-0.2, -0.15) is 5.26 Å². The highest BCUT2D eigenvalue weighted by molar-refractivity contribution is 5.97. The highest BCUT2D eigenvalue weighted by Gasteiger charge is 2.35. The van der Waals surface area contributed by atoms with Gasteiger partial charge in [0.25, 0.3) is 0 Å². The third-order valence-electron chi connectivity index (χ3n) is 3.82. The molecule has 0 saturated carbocycles. The van der Waals surface area contributed by atoms with Gasteiger partial charge in [0.1, 0.15) is 11.4 Å². The quantitative estimate of drug-likeness (QED) is 0.839. The molecule has 110 valence electrons. The van der Waals surface area contributed by atoms with Gasteiger partial charge in [-0.1, -0.05) is 18.2 Å². The summed E-state index contributed by atoms with van der Waals surface area (Å²) in [5.74, 6) is 0.159. The lowest BCUT2D eigenvalue weighted by atomic mass is 9.88. The fourth-order valence-electron chi connectivity index (χ4n) is 2.61.